The number of carbonyl (C=O) groups excluding carboxylic acids is 1. The van der Waals surface area contributed by atoms with E-state index in [0.717, 1.165) is 6.54 Å². The topological polar surface area (TPSA) is 63.2 Å². The van der Waals surface area contributed by atoms with Gasteiger partial charge in [0.15, 0.2) is 0 Å². The number of carbonyl (C=O) groups is 1. The molecule has 1 aromatic heterocycles. The van der Waals surface area contributed by atoms with Crippen molar-refractivity contribution < 1.29 is 9.53 Å². The summed E-state index contributed by atoms with van der Waals surface area (Å²) >= 11 is 0. The number of aromatic nitrogens is 1. The van der Waals surface area contributed by atoms with E-state index in [1.54, 1.807) is 18.3 Å². The molecule has 0 fully saturated rings. The fraction of sp³-hybridized carbons (Fsp3) is 0.400. The predicted molar refractivity (Wildman–Crippen MR) is 58.0 cm³/mol. The number of hydrogen-bond donors (Lipinski definition) is 2. The number of anilines is 1. The Kier molecular flexibility index (Phi) is 4.56. The van der Waals surface area contributed by atoms with Crippen LogP contribution in [0.25, 0.3) is 0 Å². The van der Waals surface area contributed by atoms with E-state index in [1.807, 2.05) is 7.05 Å². The fourth-order valence-electron chi connectivity index (χ4n) is 1.13. The van der Waals surface area contributed by atoms with Crippen molar-refractivity contribution in [2.24, 2.45) is 0 Å². The summed E-state index contributed by atoms with van der Waals surface area (Å²) in [6, 6.07) is 3.38. The molecular formula is C10H15N3O2. The highest BCUT2D eigenvalue weighted by Gasteiger charge is 2.11. The molecule has 15 heavy (non-hydrogen) atoms. The van der Waals surface area contributed by atoms with E-state index in [4.69, 9.17) is 0 Å². The molecule has 0 amide bonds. The summed E-state index contributed by atoms with van der Waals surface area (Å²) in [4.78, 5) is 15.4. The van der Waals surface area contributed by atoms with Crippen molar-refractivity contribution in [2.45, 2.75) is 0 Å². The Labute approximate surface area is 88.9 Å². The predicted octanol–water partition coefficient (Wildman–Crippen LogP) is 0.499. The van der Waals surface area contributed by atoms with Crippen LogP contribution >= 0.6 is 0 Å². The summed E-state index contributed by atoms with van der Waals surface area (Å²) in [6.07, 6.45) is 1.63. The van der Waals surface area contributed by atoms with Crippen molar-refractivity contribution in [3.05, 3.63) is 23.9 Å². The molecule has 0 aliphatic rings. The van der Waals surface area contributed by atoms with E-state index in [0.29, 0.717) is 17.9 Å². The Balaban J connectivity index is 2.73. The van der Waals surface area contributed by atoms with Crippen LogP contribution in [0, 0.1) is 0 Å². The summed E-state index contributed by atoms with van der Waals surface area (Å²) in [7, 11) is 3.22. The van der Waals surface area contributed by atoms with Crippen molar-refractivity contribution in [1.29, 1.82) is 0 Å². The van der Waals surface area contributed by atoms with E-state index in [2.05, 4.69) is 20.4 Å². The van der Waals surface area contributed by atoms with Crippen molar-refractivity contribution >= 4 is 11.8 Å². The number of pyridine rings is 1. The van der Waals surface area contributed by atoms with E-state index in [-0.39, 0.29) is 5.97 Å². The van der Waals surface area contributed by atoms with Gasteiger partial charge in [-0.3, -0.25) is 0 Å². The average molecular weight is 209 g/mol. The second-order valence-electron chi connectivity index (χ2n) is 2.92. The number of likely N-dealkylation sites (N-methyl/N-ethyl adjacent to an activating group) is 1. The van der Waals surface area contributed by atoms with Gasteiger partial charge < -0.3 is 15.4 Å². The van der Waals surface area contributed by atoms with E-state index < -0.39 is 0 Å². The normalized spacial score (nSPS) is 9.73. The molecule has 0 spiro atoms. The minimum atomic E-state index is -0.380. The number of nitrogens with one attached hydrogen (secondary N) is 2. The van der Waals surface area contributed by atoms with Crippen LogP contribution in [0.3, 0.4) is 0 Å². The first-order chi connectivity index (χ1) is 7.29. The van der Waals surface area contributed by atoms with Gasteiger partial charge in [-0.15, -0.1) is 0 Å². The Morgan fingerprint density at radius 3 is 3.00 bits per heavy atom. The van der Waals surface area contributed by atoms with Crippen LogP contribution in [0.2, 0.25) is 0 Å². The Morgan fingerprint density at radius 1 is 1.53 bits per heavy atom. The number of methoxy groups -OCH3 is 1. The zero-order chi connectivity index (χ0) is 11.1. The number of hydrogen-bond acceptors (Lipinski definition) is 5. The van der Waals surface area contributed by atoms with Crippen molar-refractivity contribution in [3.8, 4) is 0 Å². The van der Waals surface area contributed by atoms with Gasteiger partial charge >= 0.3 is 5.97 Å². The number of nitrogens with zero attached hydrogens (tertiary/aromatic N) is 1. The van der Waals surface area contributed by atoms with Gasteiger partial charge in [-0.25, -0.2) is 9.78 Å². The third-order valence-electron chi connectivity index (χ3n) is 1.88. The molecule has 0 radical (unpaired) electrons. The highest BCUT2D eigenvalue weighted by Crippen LogP contribution is 2.11. The maximum atomic E-state index is 11.3. The first-order valence-corrected chi connectivity index (χ1v) is 4.71. The van der Waals surface area contributed by atoms with E-state index in [1.165, 1.54) is 7.11 Å². The molecule has 0 aromatic carbocycles. The lowest BCUT2D eigenvalue weighted by atomic mass is 10.2. The van der Waals surface area contributed by atoms with Crippen LogP contribution < -0.4 is 10.6 Å². The second kappa shape index (κ2) is 5.98. The largest absolute Gasteiger partial charge is 0.465 e. The zero-order valence-electron chi connectivity index (χ0n) is 8.91. The molecule has 5 heteroatoms. The average Bonchev–Trinajstić information content (AvgIpc) is 2.29. The molecule has 1 aromatic rings. The molecule has 82 valence electrons. The zero-order valence-corrected chi connectivity index (χ0v) is 8.91. The number of esters is 1. The third kappa shape index (κ3) is 3.21. The third-order valence-corrected chi connectivity index (χ3v) is 1.88. The monoisotopic (exact) mass is 209 g/mol. The minimum Gasteiger partial charge on any atom is -0.465 e. The highest BCUT2D eigenvalue weighted by molar-refractivity contribution is 5.94. The SMILES string of the molecule is CNCCNc1ncccc1C(=O)OC. The van der Waals surface area contributed by atoms with Crippen LogP contribution in [0.15, 0.2) is 18.3 Å². The van der Waals surface area contributed by atoms with Gasteiger partial charge in [-0.2, -0.15) is 0 Å². The Bertz CT molecular complexity index is 328. The second-order valence-corrected chi connectivity index (χ2v) is 2.92. The quantitative estimate of drug-likeness (QED) is 0.546. The molecule has 2 N–H and O–H groups in total. The summed E-state index contributed by atoms with van der Waals surface area (Å²) in [6.45, 7) is 1.51. The molecule has 0 saturated heterocycles. The maximum absolute atomic E-state index is 11.3. The molecule has 5 nitrogen and oxygen atoms in total. The van der Waals surface area contributed by atoms with Gasteiger partial charge in [-0.05, 0) is 19.2 Å². The Hall–Kier alpha value is -1.62. The lowest BCUT2D eigenvalue weighted by Crippen LogP contribution is -2.19. The van der Waals surface area contributed by atoms with Crippen molar-refractivity contribution in [1.82, 2.24) is 10.3 Å². The summed E-state index contributed by atoms with van der Waals surface area (Å²) in [5.41, 5.74) is 0.455. The van der Waals surface area contributed by atoms with E-state index in [9.17, 15) is 4.79 Å². The summed E-state index contributed by atoms with van der Waals surface area (Å²) in [5.74, 6) is 0.176. The van der Waals surface area contributed by atoms with Gasteiger partial charge in [0, 0.05) is 19.3 Å². The van der Waals surface area contributed by atoms with Crippen LogP contribution in [0.1, 0.15) is 10.4 Å². The first-order valence-electron chi connectivity index (χ1n) is 4.71. The van der Waals surface area contributed by atoms with Gasteiger partial charge in [0.1, 0.15) is 11.4 Å². The molecule has 0 unspecified atom stereocenters. The number of rotatable bonds is 5. The molecular weight excluding hydrogens is 194 g/mol. The standard InChI is InChI=1S/C10H15N3O2/c1-11-6-7-13-9-8(10(14)15-2)4-3-5-12-9/h3-5,11H,6-7H2,1-2H3,(H,12,13). The van der Waals surface area contributed by atoms with Gasteiger partial charge in [0.05, 0.1) is 7.11 Å². The molecule has 0 atom stereocenters. The minimum absolute atomic E-state index is 0.380. The molecule has 0 aliphatic carbocycles. The number of ether oxygens (including phenoxy) is 1. The van der Waals surface area contributed by atoms with Crippen molar-refractivity contribution in [2.75, 3.05) is 32.6 Å². The maximum Gasteiger partial charge on any atom is 0.341 e. The first kappa shape index (κ1) is 11.5. The highest BCUT2D eigenvalue weighted by atomic mass is 16.5. The van der Waals surface area contributed by atoms with E-state index >= 15 is 0 Å². The molecule has 1 heterocycles. The van der Waals surface area contributed by atoms with Gasteiger partial charge in [-0.1, -0.05) is 0 Å². The van der Waals surface area contributed by atoms with Gasteiger partial charge in [0.25, 0.3) is 0 Å². The summed E-state index contributed by atoms with van der Waals surface area (Å²) in [5, 5.41) is 6.05. The van der Waals surface area contributed by atoms with Crippen LogP contribution in [0.4, 0.5) is 5.82 Å². The molecule has 1 rings (SSSR count). The lowest BCUT2D eigenvalue weighted by molar-refractivity contribution is 0.0601. The lowest BCUT2D eigenvalue weighted by Gasteiger charge is -2.08. The Morgan fingerprint density at radius 2 is 2.33 bits per heavy atom. The summed E-state index contributed by atoms with van der Waals surface area (Å²) < 4.78 is 4.65. The molecule has 0 bridgehead atoms. The smallest absolute Gasteiger partial charge is 0.341 e. The van der Waals surface area contributed by atoms with Crippen LogP contribution in [-0.2, 0) is 4.74 Å². The fourth-order valence-corrected chi connectivity index (χ4v) is 1.13. The molecule has 0 aliphatic heterocycles. The van der Waals surface area contributed by atoms with Crippen LogP contribution in [-0.4, -0.2) is 38.2 Å². The van der Waals surface area contributed by atoms with Crippen molar-refractivity contribution in [3.63, 3.8) is 0 Å². The molecule has 0 saturated carbocycles. The van der Waals surface area contributed by atoms with Crippen LogP contribution in [0.5, 0.6) is 0 Å². The van der Waals surface area contributed by atoms with Gasteiger partial charge in [0.2, 0.25) is 0 Å².